The van der Waals surface area contributed by atoms with E-state index in [0.717, 1.165) is 0 Å². The van der Waals surface area contributed by atoms with E-state index in [1.54, 1.807) is 37.4 Å². The summed E-state index contributed by atoms with van der Waals surface area (Å²) in [6, 6.07) is 4.58. The Morgan fingerprint density at radius 1 is 0.892 bits per heavy atom. The van der Waals surface area contributed by atoms with Crippen LogP contribution in [0.3, 0.4) is 0 Å². The third kappa shape index (κ3) is 10.8. The number of likely N-dealkylation sites (N-methyl/N-ethyl adjacent to an activating group) is 1. The molecule has 0 fully saturated rings. The Kier molecular flexibility index (Phi) is 13.7. The molecule has 6 unspecified atom stereocenters. The number of aliphatic hydroxyl groups is 4. The number of benzene rings is 1. The van der Waals surface area contributed by atoms with Gasteiger partial charge in [-0.15, -0.1) is 0 Å². The minimum absolute atomic E-state index is 0.00241. The molecule has 3 amide bonds. The van der Waals surface area contributed by atoms with Gasteiger partial charge in [0.25, 0.3) is 5.91 Å². The maximum atomic E-state index is 12.8. The zero-order chi connectivity index (χ0) is 28.1. The molecule has 13 heteroatoms. The van der Waals surface area contributed by atoms with Crippen molar-refractivity contribution in [3.8, 4) is 0 Å². The molecule has 0 radical (unpaired) electrons. The normalized spacial score (nSPS) is 16.1. The molecule has 1 aromatic carbocycles. The minimum atomic E-state index is -2.22. The van der Waals surface area contributed by atoms with Gasteiger partial charge in [0.15, 0.2) is 6.10 Å². The Morgan fingerprint density at radius 3 is 2.03 bits per heavy atom. The zero-order valence-electron chi connectivity index (χ0n) is 21.1. The monoisotopic (exact) mass is 526 g/mol. The zero-order valence-corrected chi connectivity index (χ0v) is 21.1. The summed E-state index contributed by atoms with van der Waals surface area (Å²) in [6.07, 6.45) is -6.62. The predicted octanol–water partition coefficient (Wildman–Crippen LogP) is -2.37. The maximum Gasteiger partial charge on any atom is 0.305 e. The number of nitrogens with one attached hydrogen (secondary N) is 4. The highest BCUT2D eigenvalue weighted by atomic mass is 16.4. The van der Waals surface area contributed by atoms with Crippen LogP contribution in [0.25, 0.3) is 0 Å². The second kappa shape index (κ2) is 15.9. The van der Waals surface area contributed by atoms with Gasteiger partial charge in [-0.25, -0.2) is 0 Å². The fourth-order valence-corrected chi connectivity index (χ4v) is 3.58. The van der Waals surface area contributed by atoms with Gasteiger partial charge in [-0.2, -0.15) is 0 Å². The van der Waals surface area contributed by atoms with Gasteiger partial charge >= 0.3 is 5.97 Å². The Labute approximate surface area is 215 Å². The Bertz CT molecular complexity index is 884. The van der Waals surface area contributed by atoms with Crippen molar-refractivity contribution >= 4 is 23.7 Å². The summed E-state index contributed by atoms with van der Waals surface area (Å²) in [5.74, 6) is -3.58. The molecule has 0 saturated carbocycles. The van der Waals surface area contributed by atoms with E-state index in [4.69, 9.17) is 5.11 Å². The molecule has 0 aliphatic rings. The summed E-state index contributed by atoms with van der Waals surface area (Å²) >= 11 is 0. The van der Waals surface area contributed by atoms with Crippen LogP contribution in [0, 0.1) is 5.92 Å². The largest absolute Gasteiger partial charge is 0.481 e. The Balaban J connectivity index is 2.91. The topological polar surface area (TPSA) is 218 Å². The highest BCUT2D eigenvalue weighted by molar-refractivity contribution is 5.88. The van der Waals surface area contributed by atoms with Crippen LogP contribution >= 0.6 is 0 Å². The summed E-state index contributed by atoms with van der Waals surface area (Å²) in [7, 11) is 1.56. The summed E-state index contributed by atoms with van der Waals surface area (Å²) in [5.41, 5.74) is 0.442. The molecule has 0 saturated heterocycles. The van der Waals surface area contributed by atoms with E-state index >= 15 is 0 Å². The van der Waals surface area contributed by atoms with Gasteiger partial charge in [0, 0.05) is 0 Å². The summed E-state index contributed by atoms with van der Waals surface area (Å²) in [5, 5.41) is 60.0. The van der Waals surface area contributed by atoms with Crippen LogP contribution in [0.2, 0.25) is 0 Å². The lowest BCUT2D eigenvalue weighted by atomic mass is 9.98. The highest BCUT2D eigenvalue weighted by Gasteiger charge is 2.37. The number of amides is 3. The van der Waals surface area contributed by atoms with Crippen LogP contribution in [0.1, 0.15) is 38.3 Å². The van der Waals surface area contributed by atoms with Gasteiger partial charge in [0.05, 0.1) is 31.7 Å². The molecule has 1 aromatic rings. The molecular formula is C24H38N4O9. The second-order valence-electron chi connectivity index (χ2n) is 9.07. The van der Waals surface area contributed by atoms with Crippen molar-refractivity contribution in [2.24, 2.45) is 5.92 Å². The average Bonchev–Trinajstić information content (AvgIpc) is 2.85. The van der Waals surface area contributed by atoms with Crippen molar-refractivity contribution in [3.05, 3.63) is 35.9 Å². The fourth-order valence-electron chi connectivity index (χ4n) is 3.58. The Morgan fingerprint density at radius 2 is 1.51 bits per heavy atom. The van der Waals surface area contributed by atoms with Crippen LogP contribution in [-0.4, -0.2) is 99.8 Å². The van der Waals surface area contributed by atoms with E-state index < -0.39 is 73.2 Å². The first-order valence-electron chi connectivity index (χ1n) is 11.9. The van der Waals surface area contributed by atoms with Gasteiger partial charge < -0.3 is 46.8 Å². The van der Waals surface area contributed by atoms with E-state index in [1.807, 2.05) is 13.8 Å². The van der Waals surface area contributed by atoms with Crippen molar-refractivity contribution in [2.45, 2.75) is 63.1 Å². The molecule has 0 aliphatic heterocycles. The SMILES string of the molecule is CNCC(=O)NC(CC(C)C)C(=O)NC(CO)C(O)C(O)C(O)C(=O)NC(CC(=O)O)c1ccccc1. The molecule has 9 N–H and O–H groups in total. The van der Waals surface area contributed by atoms with Crippen LogP contribution in [0.4, 0.5) is 0 Å². The molecule has 13 nitrogen and oxygen atoms in total. The van der Waals surface area contributed by atoms with E-state index in [9.17, 15) is 39.6 Å². The molecule has 6 atom stereocenters. The van der Waals surface area contributed by atoms with Crippen LogP contribution in [0.5, 0.6) is 0 Å². The number of carbonyl (C=O) groups is 4. The van der Waals surface area contributed by atoms with Crippen molar-refractivity contribution in [2.75, 3.05) is 20.2 Å². The van der Waals surface area contributed by atoms with Crippen LogP contribution in [0.15, 0.2) is 30.3 Å². The van der Waals surface area contributed by atoms with Crippen molar-refractivity contribution in [1.82, 2.24) is 21.3 Å². The maximum absolute atomic E-state index is 12.8. The second-order valence-corrected chi connectivity index (χ2v) is 9.07. The first-order valence-corrected chi connectivity index (χ1v) is 11.9. The number of rotatable bonds is 16. The molecule has 0 aliphatic carbocycles. The summed E-state index contributed by atoms with van der Waals surface area (Å²) < 4.78 is 0. The van der Waals surface area contributed by atoms with Crippen molar-refractivity contribution in [3.63, 3.8) is 0 Å². The number of carboxylic acid groups (broad SMARTS) is 1. The standard InChI is InChI=1S/C24H38N4O9/c1-13(2)9-16(26-18(30)11-25-3)23(36)28-17(12-29)20(33)21(34)22(35)24(37)27-15(10-19(31)32)14-7-5-4-6-8-14/h4-8,13,15-17,20-22,25,29,33-35H,9-12H2,1-3H3,(H,26,30)(H,27,37)(H,28,36)(H,31,32). The van der Waals surface area contributed by atoms with Gasteiger partial charge in [-0.1, -0.05) is 44.2 Å². The average molecular weight is 527 g/mol. The third-order valence-corrected chi connectivity index (χ3v) is 5.47. The third-order valence-electron chi connectivity index (χ3n) is 5.47. The van der Waals surface area contributed by atoms with Gasteiger partial charge in [-0.05, 0) is 24.9 Å². The predicted molar refractivity (Wildman–Crippen MR) is 132 cm³/mol. The van der Waals surface area contributed by atoms with Gasteiger partial charge in [-0.3, -0.25) is 19.2 Å². The lowest BCUT2D eigenvalue weighted by Gasteiger charge is -2.30. The van der Waals surface area contributed by atoms with Gasteiger partial charge in [0.2, 0.25) is 11.8 Å². The molecule has 37 heavy (non-hydrogen) atoms. The molecule has 208 valence electrons. The lowest BCUT2D eigenvalue weighted by molar-refractivity contribution is -0.145. The molecule has 1 rings (SSSR count). The van der Waals surface area contributed by atoms with Crippen molar-refractivity contribution in [1.29, 1.82) is 0 Å². The summed E-state index contributed by atoms with van der Waals surface area (Å²) in [4.78, 5) is 48.5. The van der Waals surface area contributed by atoms with E-state index in [0.29, 0.717) is 5.56 Å². The highest BCUT2D eigenvalue weighted by Crippen LogP contribution is 2.17. The summed E-state index contributed by atoms with van der Waals surface area (Å²) in [6.45, 7) is 2.76. The Hall–Kier alpha value is -3.10. The smallest absolute Gasteiger partial charge is 0.305 e. The van der Waals surface area contributed by atoms with Crippen LogP contribution < -0.4 is 21.3 Å². The van der Waals surface area contributed by atoms with E-state index in [-0.39, 0.29) is 18.9 Å². The van der Waals surface area contributed by atoms with E-state index in [2.05, 4.69) is 21.3 Å². The number of carboxylic acids is 1. The number of hydrogen-bond donors (Lipinski definition) is 9. The molecule has 0 aromatic heterocycles. The minimum Gasteiger partial charge on any atom is -0.481 e. The lowest BCUT2D eigenvalue weighted by Crippen LogP contribution is -2.59. The number of carbonyl (C=O) groups excluding carboxylic acids is 3. The first-order chi connectivity index (χ1) is 17.4. The van der Waals surface area contributed by atoms with Crippen molar-refractivity contribution < 1.29 is 44.7 Å². The quantitative estimate of drug-likeness (QED) is 0.111. The molecule has 0 spiro atoms. The number of aliphatic hydroxyl groups excluding tert-OH is 4. The number of aliphatic carboxylic acids is 1. The fraction of sp³-hybridized carbons (Fsp3) is 0.583. The first kappa shape index (κ1) is 31.9. The number of hydrogen-bond acceptors (Lipinski definition) is 9. The van der Waals surface area contributed by atoms with Crippen LogP contribution in [-0.2, 0) is 19.2 Å². The van der Waals surface area contributed by atoms with E-state index in [1.165, 1.54) is 0 Å². The molecule has 0 heterocycles. The molecular weight excluding hydrogens is 488 g/mol. The molecule has 0 bridgehead atoms. The van der Waals surface area contributed by atoms with Gasteiger partial charge in [0.1, 0.15) is 18.2 Å².